The molecule has 0 aliphatic rings. The Morgan fingerprint density at radius 1 is 1.16 bits per heavy atom. The molecule has 0 aliphatic heterocycles. The third kappa shape index (κ3) is 5.21. The molecule has 0 unspecified atom stereocenters. The summed E-state index contributed by atoms with van der Waals surface area (Å²) in [7, 11) is -3.90. The zero-order valence-electron chi connectivity index (χ0n) is 14.1. The van der Waals surface area contributed by atoms with Gasteiger partial charge < -0.3 is 5.32 Å². The van der Waals surface area contributed by atoms with E-state index in [1.165, 1.54) is 18.2 Å². The predicted octanol–water partition coefficient (Wildman–Crippen LogP) is 4.06. The number of carbonyl (C=O) groups excluding carboxylic acids is 1. The van der Waals surface area contributed by atoms with Crippen LogP contribution in [0.2, 0.25) is 5.02 Å². The number of halogens is 1. The number of hydrogen-bond acceptors (Lipinski definition) is 3. The lowest BCUT2D eigenvalue weighted by molar-refractivity contribution is 0.0938. The summed E-state index contributed by atoms with van der Waals surface area (Å²) in [6.07, 6.45) is 1.79. The molecule has 1 amide bonds. The summed E-state index contributed by atoms with van der Waals surface area (Å²) >= 11 is 6.06. The second kappa shape index (κ2) is 8.36. The average molecular weight is 381 g/mol. The average Bonchev–Trinajstić information content (AvgIpc) is 2.55. The number of carbonyl (C=O) groups is 1. The molecular formula is C18H21ClN2O3S. The van der Waals surface area contributed by atoms with Gasteiger partial charge in [-0.1, -0.05) is 43.1 Å². The molecule has 25 heavy (non-hydrogen) atoms. The molecule has 0 bridgehead atoms. The Balaban J connectivity index is 2.27. The zero-order chi connectivity index (χ0) is 18.4. The van der Waals surface area contributed by atoms with Gasteiger partial charge in [0.25, 0.3) is 15.9 Å². The maximum absolute atomic E-state index is 12.6. The molecule has 7 heteroatoms. The van der Waals surface area contributed by atoms with E-state index in [0.29, 0.717) is 5.69 Å². The predicted molar refractivity (Wildman–Crippen MR) is 101 cm³/mol. The number of anilines is 1. The maximum atomic E-state index is 12.6. The van der Waals surface area contributed by atoms with Crippen LogP contribution in [0.1, 0.15) is 37.0 Å². The van der Waals surface area contributed by atoms with Crippen LogP contribution < -0.4 is 10.0 Å². The topological polar surface area (TPSA) is 75.3 Å². The number of sulfonamides is 1. The van der Waals surface area contributed by atoms with Crippen molar-refractivity contribution in [2.45, 2.75) is 37.6 Å². The number of nitrogens with one attached hydrogen (secondary N) is 2. The Labute approximate surface area is 153 Å². The van der Waals surface area contributed by atoms with Crippen molar-refractivity contribution < 1.29 is 13.2 Å². The van der Waals surface area contributed by atoms with Crippen LogP contribution in [0, 0.1) is 0 Å². The third-order valence-corrected chi connectivity index (χ3v) is 5.47. The van der Waals surface area contributed by atoms with E-state index in [2.05, 4.69) is 10.0 Å². The maximum Gasteiger partial charge on any atom is 0.263 e. The van der Waals surface area contributed by atoms with Crippen LogP contribution in [0.15, 0.2) is 53.4 Å². The molecular weight excluding hydrogens is 360 g/mol. The molecule has 0 heterocycles. The number of para-hydroxylation sites is 1. The molecule has 2 N–H and O–H groups in total. The van der Waals surface area contributed by atoms with Gasteiger partial charge in [-0.25, -0.2) is 8.42 Å². The van der Waals surface area contributed by atoms with Crippen molar-refractivity contribution >= 4 is 33.2 Å². The highest BCUT2D eigenvalue weighted by atomic mass is 35.5. The van der Waals surface area contributed by atoms with Crippen molar-refractivity contribution in [2.75, 3.05) is 4.72 Å². The summed E-state index contributed by atoms with van der Waals surface area (Å²) in [5.74, 6) is -0.325. The van der Waals surface area contributed by atoms with E-state index in [0.717, 1.165) is 12.8 Å². The van der Waals surface area contributed by atoms with Gasteiger partial charge in [0.15, 0.2) is 0 Å². The summed E-state index contributed by atoms with van der Waals surface area (Å²) in [4.78, 5) is 12.2. The van der Waals surface area contributed by atoms with E-state index >= 15 is 0 Å². The van der Waals surface area contributed by atoms with Gasteiger partial charge in [0.2, 0.25) is 0 Å². The molecule has 134 valence electrons. The fraction of sp³-hybridized carbons (Fsp3) is 0.278. The van der Waals surface area contributed by atoms with Crippen LogP contribution in [-0.4, -0.2) is 20.4 Å². The molecule has 0 spiro atoms. The minimum atomic E-state index is -3.90. The molecule has 5 nitrogen and oxygen atoms in total. The highest BCUT2D eigenvalue weighted by Crippen LogP contribution is 2.25. The van der Waals surface area contributed by atoms with Gasteiger partial charge in [0.05, 0.1) is 5.02 Å². The molecule has 1 atom stereocenters. The first kappa shape index (κ1) is 19.3. The van der Waals surface area contributed by atoms with E-state index in [9.17, 15) is 13.2 Å². The standard InChI is InChI=1S/C18H21ClN2O3S/c1-3-7-13(2)20-18(22)14-10-11-16(19)17(12-14)25(23,24)21-15-8-5-4-6-9-15/h4-6,8-13,21H,3,7H2,1-2H3,(H,20,22)/t13-/m1/s1. The van der Waals surface area contributed by atoms with Gasteiger partial charge in [-0.2, -0.15) is 0 Å². The van der Waals surface area contributed by atoms with Crippen molar-refractivity contribution in [3.05, 3.63) is 59.1 Å². The number of benzene rings is 2. The second-order valence-electron chi connectivity index (χ2n) is 5.78. The minimum Gasteiger partial charge on any atom is -0.350 e. The number of rotatable bonds is 7. The fourth-order valence-corrected chi connectivity index (χ4v) is 3.96. The van der Waals surface area contributed by atoms with Crippen molar-refractivity contribution in [1.82, 2.24) is 5.32 Å². The lowest BCUT2D eigenvalue weighted by Gasteiger charge is -2.14. The van der Waals surface area contributed by atoms with Crippen LogP contribution >= 0.6 is 11.6 Å². The van der Waals surface area contributed by atoms with Crippen LogP contribution in [-0.2, 0) is 10.0 Å². The van der Waals surface area contributed by atoms with Crippen LogP contribution in [0.4, 0.5) is 5.69 Å². The van der Waals surface area contributed by atoms with Gasteiger partial charge in [-0.15, -0.1) is 0 Å². The van der Waals surface area contributed by atoms with Crippen LogP contribution in [0.25, 0.3) is 0 Å². The normalized spacial score (nSPS) is 12.4. The molecule has 0 saturated carbocycles. The van der Waals surface area contributed by atoms with E-state index in [4.69, 9.17) is 11.6 Å². The fourth-order valence-electron chi connectivity index (χ4n) is 2.38. The Morgan fingerprint density at radius 2 is 1.84 bits per heavy atom. The first-order valence-electron chi connectivity index (χ1n) is 8.01. The SMILES string of the molecule is CCC[C@@H](C)NC(=O)c1ccc(Cl)c(S(=O)(=O)Nc2ccccc2)c1. The lowest BCUT2D eigenvalue weighted by Crippen LogP contribution is -2.32. The first-order chi connectivity index (χ1) is 11.8. The van der Waals surface area contributed by atoms with Crippen molar-refractivity contribution in [2.24, 2.45) is 0 Å². The summed E-state index contributed by atoms with van der Waals surface area (Å²) in [5.41, 5.74) is 0.672. The van der Waals surface area contributed by atoms with E-state index in [1.807, 2.05) is 13.8 Å². The Hall–Kier alpha value is -2.05. The molecule has 0 aliphatic carbocycles. The van der Waals surface area contributed by atoms with Crippen molar-refractivity contribution in [3.8, 4) is 0 Å². The third-order valence-electron chi connectivity index (χ3n) is 3.61. The van der Waals surface area contributed by atoms with Crippen LogP contribution in [0.5, 0.6) is 0 Å². The van der Waals surface area contributed by atoms with E-state index in [-0.39, 0.29) is 27.4 Å². The molecule has 0 aromatic heterocycles. The monoisotopic (exact) mass is 380 g/mol. The van der Waals surface area contributed by atoms with Crippen LogP contribution in [0.3, 0.4) is 0 Å². The molecule has 2 aromatic rings. The highest BCUT2D eigenvalue weighted by Gasteiger charge is 2.21. The van der Waals surface area contributed by atoms with E-state index < -0.39 is 10.0 Å². The molecule has 2 rings (SSSR count). The Bertz CT molecular complexity index is 839. The Morgan fingerprint density at radius 3 is 2.48 bits per heavy atom. The Kier molecular flexibility index (Phi) is 6.45. The quantitative estimate of drug-likeness (QED) is 0.760. The van der Waals surface area contributed by atoms with Gasteiger partial charge in [0, 0.05) is 17.3 Å². The zero-order valence-corrected chi connectivity index (χ0v) is 15.7. The van der Waals surface area contributed by atoms with Gasteiger partial charge in [-0.05, 0) is 43.7 Å². The second-order valence-corrected chi connectivity index (χ2v) is 7.84. The number of amides is 1. The molecule has 0 radical (unpaired) electrons. The minimum absolute atomic E-state index is 0.00989. The summed E-state index contributed by atoms with van der Waals surface area (Å²) < 4.78 is 27.6. The molecule has 0 saturated heterocycles. The smallest absolute Gasteiger partial charge is 0.263 e. The van der Waals surface area contributed by atoms with Gasteiger partial charge >= 0.3 is 0 Å². The van der Waals surface area contributed by atoms with Crippen molar-refractivity contribution in [1.29, 1.82) is 0 Å². The summed E-state index contributed by atoms with van der Waals surface area (Å²) in [6, 6.07) is 12.7. The summed E-state index contributed by atoms with van der Waals surface area (Å²) in [5, 5.41) is 2.90. The van der Waals surface area contributed by atoms with Gasteiger partial charge in [0.1, 0.15) is 4.90 Å². The first-order valence-corrected chi connectivity index (χ1v) is 9.88. The van der Waals surface area contributed by atoms with E-state index in [1.54, 1.807) is 30.3 Å². The van der Waals surface area contributed by atoms with Gasteiger partial charge in [-0.3, -0.25) is 9.52 Å². The summed E-state index contributed by atoms with van der Waals surface area (Å²) in [6.45, 7) is 3.94. The largest absolute Gasteiger partial charge is 0.350 e. The number of hydrogen-bond donors (Lipinski definition) is 2. The highest BCUT2D eigenvalue weighted by molar-refractivity contribution is 7.92. The lowest BCUT2D eigenvalue weighted by atomic mass is 10.1. The molecule has 2 aromatic carbocycles. The molecule has 0 fully saturated rings. The van der Waals surface area contributed by atoms with Crippen molar-refractivity contribution in [3.63, 3.8) is 0 Å².